The molecule has 1 atom stereocenters. The van der Waals surface area contributed by atoms with Crippen LogP contribution in [0.15, 0.2) is 24.7 Å². The molecule has 0 bridgehead atoms. The predicted octanol–water partition coefficient (Wildman–Crippen LogP) is 1.12. The van der Waals surface area contributed by atoms with Crippen LogP contribution < -0.4 is 10.2 Å². The highest BCUT2D eigenvalue weighted by molar-refractivity contribution is 5.96. The molecule has 0 spiro atoms. The zero-order valence-electron chi connectivity index (χ0n) is 11.2. The summed E-state index contributed by atoms with van der Waals surface area (Å²) in [4.78, 5) is 22.8. The molecular weight excluding hydrogens is 256 g/mol. The number of aromatic nitrogens is 4. The average molecular weight is 272 g/mol. The first-order chi connectivity index (χ1) is 9.75. The second-order valence-electron chi connectivity index (χ2n) is 4.82. The van der Waals surface area contributed by atoms with Crippen LogP contribution in [0.1, 0.15) is 18.4 Å². The number of amides is 1. The highest BCUT2D eigenvalue weighted by Gasteiger charge is 2.32. The normalized spacial score (nSPS) is 18.2. The van der Waals surface area contributed by atoms with Crippen molar-refractivity contribution in [1.29, 1.82) is 0 Å². The molecule has 1 saturated heterocycles. The fourth-order valence-corrected chi connectivity index (χ4v) is 2.40. The van der Waals surface area contributed by atoms with Gasteiger partial charge in [-0.25, -0.2) is 9.97 Å². The van der Waals surface area contributed by atoms with E-state index in [0.717, 1.165) is 24.9 Å². The van der Waals surface area contributed by atoms with E-state index < -0.39 is 0 Å². The largest absolute Gasteiger partial charge is 0.329 e. The average Bonchev–Trinajstić information content (AvgIpc) is 3.09. The molecule has 1 amide bonds. The van der Waals surface area contributed by atoms with Gasteiger partial charge in [0.25, 0.3) is 0 Å². The molecule has 20 heavy (non-hydrogen) atoms. The second kappa shape index (κ2) is 5.28. The standard InChI is InChI=1S/C13H16N6O/c1-9-8-16-18-11(9)17-12(20)10-4-2-7-19(10)13-14-5-3-6-15-13/h3,5-6,8,10H,2,4,7H2,1H3,(H2,16,17,18,20). The monoisotopic (exact) mass is 272 g/mol. The van der Waals surface area contributed by atoms with E-state index in [-0.39, 0.29) is 11.9 Å². The van der Waals surface area contributed by atoms with Crippen LogP contribution >= 0.6 is 0 Å². The maximum absolute atomic E-state index is 12.4. The number of hydrogen-bond donors (Lipinski definition) is 2. The fourth-order valence-electron chi connectivity index (χ4n) is 2.40. The minimum absolute atomic E-state index is 0.0534. The van der Waals surface area contributed by atoms with Crippen LogP contribution in [-0.2, 0) is 4.79 Å². The van der Waals surface area contributed by atoms with Crippen LogP contribution in [0.3, 0.4) is 0 Å². The summed E-state index contributed by atoms with van der Waals surface area (Å²) in [5.41, 5.74) is 0.916. The third-order valence-corrected chi connectivity index (χ3v) is 3.44. The van der Waals surface area contributed by atoms with Gasteiger partial charge < -0.3 is 10.2 Å². The van der Waals surface area contributed by atoms with Crippen LogP contribution in [0.4, 0.5) is 11.8 Å². The van der Waals surface area contributed by atoms with Gasteiger partial charge in [-0.15, -0.1) is 0 Å². The van der Waals surface area contributed by atoms with Gasteiger partial charge in [0, 0.05) is 24.5 Å². The molecule has 0 aliphatic carbocycles. The van der Waals surface area contributed by atoms with Crippen molar-refractivity contribution in [2.24, 2.45) is 0 Å². The number of carbonyl (C=O) groups excluding carboxylic acids is 1. The molecule has 1 fully saturated rings. The lowest BCUT2D eigenvalue weighted by atomic mass is 10.2. The molecule has 7 heteroatoms. The quantitative estimate of drug-likeness (QED) is 0.874. The van der Waals surface area contributed by atoms with E-state index in [9.17, 15) is 4.79 Å². The number of hydrogen-bond acceptors (Lipinski definition) is 5. The van der Waals surface area contributed by atoms with Crippen LogP contribution in [0.25, 0.3) is 0 Å². The van der Waals surface area contributed by atoms with E-state index >= 15 is 0 Å². The van der Waals surface area contributed by atoms with Gasteiger partial charge in [-0.2, -0.15) is 5.10 Å². The number of nitrogens with one attached hydrogen (secondary N) is 2. The number of anilines is 2. The summed E-state index contributed by atoms with van der Waals surface area (Å²) in [6.45, 7) is 2.69. The van der Waals surface area contributed by atoms with E-state index in [1.54, 1.807) is 24.7 Å². The number of aryl methyl sites for hydroxylation is 1. The maximum atomic E-state index is 12.4. The Morgan fingerprint density at radius 1 is 1.45 bits per heavy atom. The number of carbonyl (C=O) groups is 1. The molecule has 1 aliphatic heterocycles. The molecule has 1 unspecified atom stereocenters. The van der Waals surface area contributed by atoms with Gasteiger partial charge in [0.15, 0.2) is 0 Å². The van der Waals surface area contributed by atoms with Crippen molar-refractivity contribution in [3.8, 4) is 0 Å². The zero-order chi connectivity index (χ0) is 13.9. The summed E-state index contributed by atoms with van der Waals surface area (Å²) in [5, 5.41) is 9.56. The summed E-state index contributed by atoms with van der Waals surface area (Å²) in [5.74, 6) is 1.20. The molecule has 1 aliphatic rings. The zero-order valence-corrected chi connectivity index (χ0v) is 11.2. The second-order valence-corrected chi connectivity index (χ2v) is 4.82. The molecule has 0 saturated carbocycles. The van der Waals surface area contributed by atoms with E-state index in [1.165, 1.54) is 0 Å². The van der Waals surface area contributed by atoms with E-state index in [1.807, 2.05) is 11.8 Å². The smallest absolute Gasteiger partial charge is 0.248 e. The van der Waals surface area contributed by atoms with Gasteiger partial charge in [0.2, 0.25) is 11.9 Å². The first kappa shape index (κ1) is 12.6. The molecule has 7 nitrogen and oxygen atoms in total. The molecule has 2 aromatic heterocycles. The molecule has 0 aromatic carbocycles. The van der Waals surface area contributed by atoms with Crippen LogP contribution in [0.5, 0.6) is 0 Å². The van der Waals surface area contributed by atoms with Crippen molar-refractivity contribution in [2.45, 2.75) is 25.8 Å². The number of H-pyrrole nitrogens is 1. The van der Waals surface area contributed by atoms with Crippen molar-refractivity contribution in [1.82, 2.24) is 20.2 Å². The van der Waals surface area contributed by atoms with Gasteiger partial charge >= 0.3 is 0 Å². The molecular formula is C13H16N6O. The molecule has 3 heterocycles. The SMILES string of the molecule is Cc1cn[nH]c1NC(=O)C1CCCN1c1ncccn1. The molecule has 3 rings (SSSR count). The van der Waals surface area contributed by atoms with Gasteiger partial charge in [-0.1, -0.05) is 0 Å². The lowest BCUT2D eigenvalue weighted by Crippen LogP contribution is -2.40. The third-order valence-electron chi connectivity index (χ3n) is 3.44. The van der Waals surface area contributed by atoms with Gasteiger partial charge in [-0.3, -0.25) is 9.89 Å². The molecule has 0 radical (unpaired) electrons. The Hall–Kier alpha value is -2.44. The van der Waals surface area contributed by atoms with E-state index in [0.29, 0.717) is 11.8 Å². The molecule has 104 valence electrons. The Balaban J connectivity index is 1.75. The van der Waals surface area contributed by atoms with Crippen molar-refractivity contribution in [2.75, 3.05) is 16.8 Å². The Morgan fingerprint density at radius 3 is 2.95 bits per heavy atom. The van der Waals surface area contributed by atoms with Crippen LogP contribution in [0.2, 0.25) is 0 Å². The number of nitrogens with zero attached hydrogens (tertiary/aromatic N) is 4. The van der Waals surface area contributed by atoms with Crippen LogP contribution in [0, 0.1) is 6.92 Å². The number of aromatic amines is 1. The minimum atomic E-state index is -0.236. The molecule has 2 N–H and O–H groups in total. The van der Waals surface area contributed by atoms with Crippen molar-refractivity contribution in [3.05, 3.63) is 30.2 Å². The lowest BCUT2D eigenvalue weighted by Gasteiger charge is -2.23. The minimum Gasteiger partial charge on any atom is -0.329 e. The van der Waals surface area contributed by atoms with Crippen molar-refractivity contribution < 1.29 is 4.79 Å². The van der Waals surface area contributed by atoms with Crippen LogP contribution in [-0.4, -0.2) is 38.7 Å². The van der Waals surface area contributed by atoms with E-state index in [2.05, 4.69) is 25.5 Å². The number of rotatable bonds is 3. The first-order valence-electron chi connectivity index (χ1n) is 6.60. The molecule has 2 aromatic rings. The highest BCUT2D eigenvalue weighted by atomic mass is 16.2. The van der Waals surface area contributed by atoms with Crippen molar-refractivity contribution in [3.63, 3.8) is 0 Å². The van der Waals surface area contributed by atoms with Crippen molar-refractivity contribution >= 4 is 17.7 Å². The van der Waals surface area contributed by atoms with Gasteiger partial charge in [0.05, 0.1) is 6.20 Å². The fraction of sp³-hybridized carbons (Fsp3) is 0.385. The Labute approximate surface area is 116 Å². The topological polar surface area (TPSA) is 86.8 Å². The summed E-state index contributed by atoms with van der Waals surface area (Å²) >= 11 is 0. The highest BCUT2D eigenvalue weighted by Crippen LogP contribution is 2.23. The summed E-state index contributed by atoms with van der Waals surface area (Å²) in [7, 11) is 0. The Bertz CT molecular complexity index is 596. The van der Waals surface area contributed by atoms with Gasteiger partial charge in [-0.05, 0) is 25.8 Å². The maximum Gasteiger partial charge on any atom is 0.248 e. The van der Waals surface area contributed by atoms with E-state index in [4.69, 9.17) is 0 Å². The lowest BCUT2D eigenvalue weighted by molar-refractivity contribution is -0.117. The first-order valence-corrected chi connectivity index (χ1v) is 6.60. The van der Waals surface area contributed by atoms with Gasteiger partial charge in [0.1, 0.15) is 11.9 Å². The third kappa shape index (κ3) is 2.34. The Morgan fingerprint density at radius 2 is 2.25 bits per heavy atom. The summed E-state index contributed by atoms with van der Waals surface area (Å²) in [6.07, 6.45) is 6.82. The summed E-state index contributed by atoms with van der Waals surface area (Å²) < 4.78 is 0. The Kier molecular flexibility index (Phi) is 3.32. The summed E-state index contributed by atoms with van der Waals surface area (Å²) in [6, 6.07) is 1.53. The predicted molar refractivity (Wildman–Crippen MR) is 74.4 cm³/mol.